The molecule has 0 fully saturated rings. The molecule has 5 heteroatoms. The zero-order valence-corrected chi connectivity index (χ0v) is 15.8. The molecule has 2 aromatic carbocycles. The van der Waals surface area contributed by atoms with E-state index in [1.54, 1.807) is 11.5 Å². The first-order chi connectivity index (χ1) is 13.5. The lowest BCUT2D eigenvalue weighted by molar-refractivity contribution is 0.0701. The molecule has 0 saturated carbocycles. The summed E-state index contributed by atoms with van der Waals surface area (Å²) in [4.78, 5) is 17.6. The van der Waals surface area contributed by atoms with Crippen LogP contribution in [0.25, 0.3) is 11.1 Å². The van der Waals surface area contributed by atoms with E-state index in [4.69, 9.17) is 5.21 Å². The van der Waals surface area contributed by atoms with E-state index in [9.17, 15) is 4.79 Å². The smallest absolute Gasteiger partial charge is 0.293 e. The number of aromatic nitrogens is 1. The summed E-state index contributed by atoms with van der Waals surface area (Å²) in [6, 6.07) is 19.5. The summed E-state index contributed by atoms with van der Waals surface area (Å²) in [5, 5.41) is 8.74. The van der Waals surface area contributed by atoms with Gasteiger partial charge in [0.2, 0.25) is 0 Å². The highest BCUT2D eigenvalue weighted by molar-refractivity contribution is 5.92. The molecule has 2 N–H and O–H groups in total. The van der Waals surface area contributed by atoms with Crippen molar-refractivity contribution in [2.45, 2.75) is 6.54 Å². The summed E-state index contributed by atoms with van der Waals surface area (Å²) in [6.45, 7) is 0.909. The molecule has 0 aliphatic rings. The minimum atomic E-state index is -0.638. The minimum absolute atomic E-state index is 0.154. The summed E-state index contributed by atoms with van der Waals surface area (Å²) >= 11 is 0. The fourth-order valence-corrected chi connectivity index (χ4v) is 2.74. The van der Waals surface area contributed by atoms with E-state index in [0.29, 0.717) is 0 Å². The number of rotatable bonds is 4. The Morgan fingerprint density at radius 1 is 0.964 bits per heavy atom. The minimum Gasteiger partial charge on any atom is -0.305 e. The van der Waals surface area contributed by atoms with E-state index >= 15 is 0 Å². The number of carbonyl (C=O) groups is 1. The van der Waals surface area contributed by atoms with E-state index in [-0.39, 0.29) is 5.69 Å². The van der Waals surface area contributed by atoms with Crippen LogP contribution in [0.5, 0.6) is 0 Å². The number of nitrogens with one attached hydrogen (secondary N) is 1. The normalized spacial score (nSPS) is 10.3. The van der Waals surface area contributed by atoms with Crippen molar-refractivity contribution in [1.29, 1.82) is 0 Å². The van der Waals surface area contributed by atoms with Crippen molar-refractivity contribution in [3.63, 3.8) is 0 Å². The van der Waals surface area contributed by atoms with Crippen LogP contribution in [0.1, 0.15) is 27.2 Å². The second-order valence-corrected chi connectivity index (χ2v) is 6.63. The van der Waals surface area contributed by atoms with Crippen LogP contribution in [0.3, 0.4) is 0 Å². The lowest BCUT2D eigenvalue weighted by Gasteiger charge is -2.08. The van der Waals surface area contributed by atoms with Gasteiger partial charge >= 0.3 is 0 Å². The average Bonchev–Trinajstić information content (AvgIpc) is 2.73. The number of hydrogen-bond donors (Lipinski definition) is 2. The van der Waals surface area contributed by atoms with Crippen molar-refractivity contribution in [2.75, 3.05) is 14.1 Å². The Balaban J connectivity index is 1.74. The molecular formula is C23H21N3O2. The van der Waals surface area contributed by atoms with Crippen molar-refractivity contribution < 1.29 is 10.0 Å². The van der Waals surface area contributed by atoms with Crippen LogP contribution >= 0.6 is 0 Å². The maximum absolute atomic E-state index is 11.5. The van der Waals surface area contributed by atoms with Crippen LogP contribution in [0, 0.1) is 11.8 Å². The Hall–Kier alpha value is -3.46. The highest BCUT2D eigenvalue weighted by Crippen LogP contribution is 2.20. The fraction of sp³-hybridized carbons (Fsp3) is 0.130. The number of benzene rings is 2. The summed E-state index contributed by atoms with van der Waals surface area (Å²) in [7, 11) is 4.09. The average molecular weight is 371 g/mol. The summed E-state index contributed by atoms with van der Waals surface area (Å²) in [6.07, 6.45) is 1.54. The first kappa shape index (κ1) is 19.3. The molecule has 0 spiro atoms. The molecule has 1 amide bonds. The molecule has 0 aliphatic carbocycles. The Kier molecular flexibility index (Phi) is 6.18. The molecular weight excluding hydrogens is 350 g/mol. The second kappa shape index (κ2) is 8.96. The van der Waals surface area contributed by atoms with Gasteiger partial charge in [-0.3, -0.25) is 15.0 Å². The summed E-state index contributed by atoms with van der Waals surface area (Å²) in [5.41, 5.74) is 6.66. The molecule has 0 aliphatic heterocycles. The van der Waals surface area contributed by atoms with Crippen LogP contribution in [-0.2, 0) is 6.54 Å². The van der Waals surface area contributed by atoms with E-state index in [2.05, 4.69) is 33.9 Å². The van der Waals surface area contributed by atoms with Crippen LogP contribution in [0.15, 0.2) is 66.9 Å². The number of carbonyl (C=O) groups excluding carboxylic acids is 1. The van der Waals surface area contributed by atoms with Gasteiger partial charge in [0, 0.05) is 23.9 Å². The van der Waals surface area contributed by atoms with Gasteiger partial charge in [0.25, 0.3) is 5.91 Å². The molecule has 0 bridgehead atoms. The van der Waals surface area contributed by atoms with Gasteiger partial charge in [0.1, 0.15) is 5.69 Å². The zero-order valence-electron chi connectivity index (χ0n) is 15.8. The molecule has 0 atom stereocenters. The molecule has 1 aromatic heterocycles. The van der Waals surface area contributed by atoms with Crippen LogP contribution in [0.4, 0.5) is 0 Å². The number of hydroxylamine groups is 1. The second-order valence-electron chi connectivity index (χ2n) is 6.63. The van der Waals surface area contributed by atoms with Gasteiger partial charge in [-0.2, -0.15) is 0 Å². The van der Waals surface area contributed by atoms with Gasteiger partial charge in [-0.05, 0) is 67.2 Å². The number of nitrogens with zero attached hydrogens (tertiary/aromatic N) is 2. The molecule has 1 heterocycles. The van der Waals surface area contributed by atoms with Gasteiger partial charge in [0.05, 0.1) is 0 Å². The van der Waals surface area contributed by atoms with Crippen molar-refractivity contribution in [3.8, 4) is 23.0 Å². The number of pyridine rings is 1. The first-order valence-corrected chi connectivity index (χ1v) is 8.82. The fourth-order valence-electron chi connectivity index (χ4n) is 2.74. The van der Waals surface area contributed by atoms with Crippen LogP contribution < -0.4 is 5.48 Å². The molecule has 0 radical (unpaired) electrons. The topological polar surface area (TPSA) is 65.5 Å². The molecule has 0 unspecified atom stereocenters. The molecule has 0 saturated heterocycles. The Bertz CT molecular complexity index is 1010. The third-order valence-electron chi connectivity index (χ3n) is 4.12. The van der Waals surface area contributed by atoms with Crippen molar-refractivity contribution in [1.82, 2.24) is 15.4 Å². The maximum Gasteiger partial charge on any atom is 0.293 e. The molecule has 3 rings (SSSR count). The van der Waals surface area contributed by atoms with E-state index in [0.717, 1.165) is 28.8 Å². The number of amides is 1. The summed E-state index contributed by atoms with van der Waals surface area (Å²) in [5.74, 6) is 5.71. The quantitative estimate of drug-likeness (QED) is 0.419. The van der Waals surface area contributed by atoms with Crippen molar-refractivity contribution >= 4 is 5.91 Å². The van der Waals surface area contributed by atoms with E-state index in [1.807, 2.05) is 56.6 Å². The predicted molar refractivity (Wildman–Crippen MR) is 109 cm³/mol. The summed E-state index contributed by atoms with van der Waals surface area (Å²) < 4.78 is 0. The highest BCUT2D eigenvalue weighted by atomic mass is 16.5. The highest BCUT2D eigenvalue weighted by Gasteiger charge is 2.07. The van der Waals surface area contributed by atoms with Crippen LogP contribution in [-0.4, -0.2) is 35.1 Å². The van der Waals surface area contributed by atoms with Gasteiger partial charge in [-0.25, -0.2) is 5.48 Å². The molecule has 3 aromatic rings. The Morgan fingerprint density at radius 3 is 2.14 bits per heavy atom. The predicted octanol–water partition coefficient (Wildman–Crippen LogP) is 3.33. The van der Waals surface area contributed by atoms with E-state index < -0.39 is 5.91 Å². The molecule has 28 heavy (non-hydrogen) atoms. The first-order valence-electron chi connectivity index (χ1n) is 8.82. The van der Waals surface area contributed by atoms with Crippen LogP contribution in [0.2, 0.25) is 0 Å². The van der Waals surface area contributed by atoms with Gasteiger partial charge in [-0.1, -0.05) is 36.1 Å². The lowest BCUT2D eigenvalue weighted by atomic mass is 10.0. The van der Waals surface area contributed by atoms with E-state index in [1.165, 1.54) is 11.8 Å². The van der Waals surface area contributed by atoms with Gasteiger partial charge in [0.15, 0.2) is 0 Å². The van der Waals surface area contributed by atoms with Crippen molar-refractivity contribution in [2.24, 2.45) is 0 Å². The molecule has 5 nitrogen and oxygen atoms in total. The molecule has 140 valence electrons. The van der Waals surface area contributed by atoms with Gasteiger partial charge in [-0.15, -0.1) is 0 Å². The lowest BCUT2D eigenvalue weighted by Crippen LogP contribution is -2.19. The monoisotopic (exact) mass is 371 g/mol. The zero-order chi connectivity index (χ0) is 19.9. The Morgan fingerprint density at radius 2 is 1.57 bits per heavy atom. The van der Waals surface area contributed by atoms with Crippen molar-refractivity contribution in [3.05, 3.63) is 89.2 Å². The standard InChI is InChI=1S/C23H21N3O2/c1-26(2)16-19-7-5-17(6-8-19)3-4-18-9-11-20(12-10-18)21-13-14-24-22(15-21)23(27)25-28/h5-15,28H,16H2,1-2H3,(H,25,27). The maximum atomic E-state index is 11.5. The largest absolute Gasteiger partial charge is 0.305 e. The third kappa shape index (κ3) is 5.04. The third-order valence-corrected chi connectivity index (χ3v) is 4.12. The SMILES string of the molecule is CN(C)Cc1ccc(C#Cc2ccc(-c3ccnc(C(=O)NO)c3)cc2)cc1. The number of hydrogen-bond acceptors (Lipinski definition) is 4. The Labute approximate surface area is 164 Å². The van der Waals surface area contributed by atoms with Gasteiger partial charge < -0.3 is 4.90 Å².